The average molecular weight is 284 g/mol. The van der Waals surface area contributed by atoms with Gasteiger partial charge in [0, 0.05) is 21.2 Å². The zero-order valence-corrected chi connectivity index (χ0v) is 11.7. The lowest BCUT2D eigenvalue weighted by atomic mass is 10.8. The Hall–Kier alpha value is 0.250. The summed E-state index contributed by atoms with van der Waals surface area (Å²) < 4.78 is 19.1. The molecule has 0 rings (SSSR count). The molecule has 2 nitrogen and oxygen atoms in total. The standard InChI is InChI=1S/C6H10OS2.C3H6OS2/c1-3-5-8-9(7)6-4-2;1-2-3-6(4)5/h3-4H,1-2,5-6H2;2H,1,3H2,(H,4,5). The van der Waals surface area contributed by atoms with E-state index in [4.69, 9.17) is 4.55 Å². The van der Waals surface area contributed by atoms with Crippen molar-refractivity contribution in [3.8, 4) is 0 Å². The van der Waals surface area contributed by atoms with E-state index in [9.17, 15) is 4.21 Å². The first-order chi connectivity index (χ1) is 7.08. The lowest BCUT2D eigenvalue weighted by Gasteiger charge is -1.91. The summed E-state index contributed by atoms with van der Waals surface area (Å²) >= 11 is 4.39. The van der Waals surface area contributed by atoms with Gasteiger partial charge < -0.3 is 4.55 Å². The summed E-state index contributed by atoms with van der Waals surface area (Å²) in [4.78, 5) is 0. The molecule has 0 aliphatic carbocycles. The minimum Gasteiger partial charge on any atom is -0.327 e. The van der Waals surface area contributed by atoms with Crippen LogP contribution in [0.5, 0.6) is 0 Å². The molecule has 1 N–H and O–H groups in total. The van der Waals surface area contributed by atoms with E-state index >= 15 is 0 Å². The van der Waals surface area contributed by atoms with Gasteiger partial charge in [-0.1, -0.05) is 29.0 Å². The Morgan fingerprint density at radius 2 is 1.73 bits per heavy atom. The van der Waals surface area contributed by atoms with Crippen molar-refractivity contribution in [2.45, 2.75) is 0 Å². The minimum atomic E-state index is -0.850. The smallest absolute Gasteiger partial charge is 0.0845 e. The summed E-state index contributed by atoms with van der Waals surface area (Å²) in [7, 11) is -0.259. The fourth-order valence-corrected chi connectivity index (χ4v) is 2.72. The third kappa shape index (κ3) is 20.4. The van der Waals surface area contributed by atoms with Crippen molar-refractivity contribution in [3.05, 3.63) is 38.0 Å². The Morgan fingerprint density at radius 1 is 1.20 bits per heavy atom. The van der Waals surface area contributed by atoms with Crippen LogP contribution in [-0.2, 0) is 30.8 Å². The Morgan fingerprint density at radius 3 is 2.00 bits per heavy atom. The van der Waals surface area contributed by atoms with E-state index in [0.717, 1.165) is 5.75 Å². The molecule has 0 aromatic heterocycles. The summed E-state index contributed by atoms with van der Waals surface area (Å²) in [5.74, 6) is 1.86. The molecule has 2 atom stereocenters. The molecule has 0 fully saturated rings. The van der Waals surface area contributed by atoms with Gasteiger partial charge in [-0.25, -0.2) is 4.21 Å². The highest BCUT2D eigenvalue weighted by Crippen LogP contribution is 2.06. The van der Waals surface area contributed by atoms with Crippen LogP contribution < -0.4 is 0 Å². The molecule has 0 aliphatic rings. The molecule has 0 saturated heterocycles. The molecule has 6 heteroatoms. The van der Waals surface area contributed by atoms with Crippen molar-refractivity contribution in [1.29, 1.82) is 0 Å². The molecule has 88 valence electrons. The highest BCUT2D eigenvalue weighted by molar-refractivity contribution is 8.69. The number of hydrogen-bond acceptors (Lipinski definition) is 3. The van der Waals surface area contributed by atoms with Gasteiger partial charge in [0.15, 0.2) is 0 Å². The maximum atomic E-state index is 10.8. The van der Waals surface area contributed by atoms with Crippen LogP contribution in [0.4, 0.5) is 0 Å². The fraction of sp³-hybridized carbons (Fsp3) is 0.333. The Bertz CT molecular complexity index is 238. The Kier molecular flexibility index (Phi) is 16.8. The monoisotopic (exact) mass is 284 g/mol. The van der Waals surface area contributed by atoms with Crippen LogP contribution in [0.3, 0.4) is 0 Å². The van der Waals surface area contributed by atoms with Gasteiger partial charge in [-0.2, -0.15) is 0 Å². The third-order valence-electron chi connectivity index (χ3n) is 0.832. The predicted octanol–water partition coefficient (Wildman–Crippen LogP) is 2.48. The molecule has 0 saturated carbocycles. The van der Waals surface area contributed by atoms with Crippen LogP contribution in [0.15, 0.2) is 38.0 Å². The van der Waals surface area contributed by atoms with Crippen molar-refractivity contribution < 1.29 is 8.76 Å². The van der Waals surface area contributed by atoms with Gasteiger partial charge in [-0.05, 0) is 11.2 Å². The molecule has 0 spiro atoms. The summed E-state index contributed by atoms with van der Waals surface area (Å²) in [5, 5.41) is 0. The molecule has 0 bridgehead atoms. The summed E-state index contributed by atoms with van der Waals surface area (Å²) in [6.45, 7) is 10.4. The topological polar surface area (TPSA) is 37.3 Å². The van der Waals surface area contributed by atoms with Crippen molar-refractivity contribution in [1.82, 2.24) is 0 Å². The van der Waals surface area contributed by atoms with Gasteiger partial charge in [-0.15, -0.1) is 19.7 Å². The SMILES string of the molecule is C=CCS(O)=S.C=CCSS(=O)CC=C. The van der Waals surface area contributed by atoms with Gasteiger partial charge >= 0.3 is 0 Å². The maximum absolute atomic E-state index is 10.8. The summed E-state index contributed by atoms with van der Waals surface area (Å²) in [6.07, 6.45) is 5.01. The first-order valence-corrected chi connectivity index (χ1v) is 9.10. The first kappa shape index (κ1) is 17.6. The molecular weight excluding hydrogens is 268 g/mol. The second-order valence-electron chi connectivity index (χ2n) is 2.11. The second kappa shape index (κ2) is 14.2. The lowest BCUT2D eigenvalue weighted by Crippen LogP contribution is -1.86. The van der Waals surface area contributed by atoms with E-state index in [1.54, 1.807) is 18.2 Å². The fourth-order valence-electron chi connectivity index (χ4n) is 0.369. The third-order valence-corrected chi connectivity index (χ3v) is 4.51. The van der Waals surface area contributed by atoms with E-state index < -0.39 is 19.6 Å². The largest absolute Gasteiger partial charge is 0.327 e. The summed E-state index contributed by atoms with van der Waals surface area (Å²) in [6, 6.07) is 0. The Balaban J connectivity index is 0. The normalized spacial score (nSPS) is 12.9. The van der Waals surface area contributed by atoms with Gasteiger partial charge in [0.05, 0.1) is 15.6 Å². The van der Waals surface area contributed by atoms with Crippen LogP contribution in [0.25, 0.3) is 0 Å². The van der Waals surface area contributed by atoms with E-state index in [0.29, 0.717) is 11.5 Å². The van der Waals surface area contributed by atoms with Gasteiger partial charge in [-0.3, -0.25) is 0 Å². The Labute approximate surface area is 105 Å². The molecule has 0 heterocycles. The van der Waals surface area contributed by atoms with Crippen LogP contribution in [0.2, 0.25) is 0 Å². The van der Waals surface area contributed by atoms with Crippen molar-refractivity contribution in [2.24, 2.45) is 0 Å². The van der Waals surface area contributed by atoms with Crippen LogP contribution >= 0.6 is 10.8 Å². The van der Waals surface area contributed by atoms with Crippen molar-refractivity contribution >= 4 is 41.5 Å². The van der Waals surface area contributed by atoms with Crippen LogP contribution in [-0.4, -0.2) is 26.0 Å². The van der Waals surface area contributed by atoms with E-state index in [2.05, 4.69) is 30.9 Å². The quantitative estimate of drug-likeness (QED) is 0.576. The van der Waals surface area contributed by atoms with Gasteiger partial charge in [0.2, 0.25) is 0 Å². The molecule has 0 aromatic rings. The summed E-state index contributed by atoms with van der Waals surface area (Å²) in [5.41, 5.74) is 0. The number of hydrogen-bond donors (Lipinski definition) is 1. The van der Waals surface area contributed by atoms with Crippen LogP contribution in [0, 0.1) is 0 Å². The molecule has 0 aliphatic heterocycles. The highest BCUT2D eigenvalue weighted by atomic mass is 33.1. The maximum Gasteiger partial charge on any atom is 0.0845 e. The van der Waals surface area contributed by atoms with Crippen molar-refractivity contribution in [3.63, 3.8) is 0 Å². The highest BCUT2D eigenvalue weighted by Gasteiger charge is 1.92. The zero-order chi connectivity index (χ0) is 12.1. The number of rotatable bonds is 7. The molecule has 2 unspecified atom stereocenters. The van der Waals surface area contributed by atoms with Crippen LogP contribution in [0.1, 0.15) is 0 Å². The first-order valence-electron chi connectivity index (χ1n) is 4.00. The predicted molar refractivity (Wildman–Crippen MR) is 78.3 cm³/mol. The minimum absolute atomic E-state index is 0.537. The van der Waals surface area contributed by atoms with Gasteiger partial charge in [0.25, 0.3) is 0 Å². The molecule has 0 radical (unpaired) electrons. The van der Waals surface area contributed by atoms with Gasteiger partial charge in [0.1, 0.15) is 0 Å². The molecular formula is C9H16O2S4. The van der Waals surface area contributed by atoms with E-state index in [1.807, 2.05) is 0 Å². The average Bonchev–Trinajstić information content (AvgIpc) is 2.16. The van der Waals surface area contributed by atoms with Crippen molar-refractivity contribution in [2.75, 3.05) is 17.3 Å². The molecule has 15 heavy (non-hydrogen) atoms. The second-order valence-corrected chi connectivity index (χ2v) is 7.57. The molecule has 0 aromatic carbocycles. The van der Waals surface area contributed by atoms with E-state index in [-0.39, 0.29) is 0 Å². The van der Waals surface area contributed by atoms with E-state index in [1.165, 1.54) is 10.8 Å². The lowest BCUT2D eigenvalue weighted by molar-refractivity contribution is 0.659. The zero-order valence-electron chi connectivity index (χ0n) is 8.46. The molecule has 0 amide bonds.